The highest BCUT2D eigenvalue weighted by molar-refractivity contribution is 7.65. The molecule has 17 heavy (non-hydrogen) atoms. The van der Waals surface area contributed by atoms with Gasteiger partial charge in [0.2, 0.25) is 0 Å². The van der Waals surface area contributed by atoms with Crippen molar-refractivity contribution in [1.29, 1.82) is 0 Å². The van der Waals surface area contributed by atoms with Gasteiger partial charge in [0.05, 0.1) is 0 Å². The minimum Gasteiger partial charge on any atom is -0.125 e. The minimum atomic E-state index is -2.85. The number of hydrogen-bond donors (Lipinski definition) is 0. The lowest BCUT2D eigenvalue weighted by atomic mass is 10.0. The van der Waals surface area contributed by atoms with E-state index in [4.69, 9.17) is 33.2 Å². The Kier molecular flexibility index (Phi) is 4.16. The fourth-order valence-corrected chi connectivity index (χ4v) is 5.27. The van der Waals surface area contributed by atoms with Crippen LogP contribution >= 0.6 is 33.2 Å². The largest absolute Gasteiger partial charge is 0.352 e. The fraction of sp³-hybridized carbons (Fsp3) is 0.0769. The summed E-state index contributed by atoms with van der Waals surface area (Å²) < 4.78 is 0. The highest BCUT2D eigenvalue weighted by Gasteiger charge is 2.38. The maximum atomic E-state index is 6.24. The molecule has 0 aromatic heterocycles. The molecule has 0 radical (unpaired) electrons. The third-order valence-corrected chi connectivity index (χ3v) is 5.88. The normalized spacial score (nSPS) is 11.8. The van der Waals surface area contributed by atoms with Crippen LogP contribution in [0.5, 0.6) is 0 Å². The van der Waals surface area contributed by atoms with E-state index in [1.165, 1.54) is 0 Å². The van der Waals surface area contributed by atoms with Crippen LogP contribution in [-0.4, -0.2) is 6.00 Å². The lowest BCUT2D eigenvalue weighted by Crippen LogP contribution is -2.24. The molecule has 2 aromatic rings. The van der Waals surface area contributed by atoms with Crippen molar-refractivity contribution in [2.45, 2.75) is 5.54 Å². The summed E-state index contributed by atoms with van der Waals surface area (Å²) in [6.07, 6.45) is 0. The summed E-state index contributed by atoms with van der Waals surface area (Å²) in [7, 11) is 0. The van der Waals surface area contributed by atoms with Crippen LogP contribution in [0.15, 0.2) is 60.7 Å². The minimum absolute atomic E-state index is 0.116. The van der Waals surface area contributed by atoms with Crippen molar-refractivity contribution in [3.63, 3.8) is 0 Å². The Morgan fingerprint density at radius 3 is 1.29 bits per heavy atom. The number of rotatable bonds is 3. The van der Waals surface area contributed by atoms with Crippen LogP contribution in [0, 0.1) is 0 Å². The zero-order valence-corrected chi connectivity index (χ0v) is 12.3. The Hall–Kier alpha value is -0.473. The zero-order chi connectivity index (χ0) is 12.3. The molecule has 0 unspecified atom stereocenters. The first-order valence-electron chi connectivity index (χ1n) is 5.25. The molecule has 4 heteroatoms. The standard InChI is InChI=1S/C13H11Cl3Si/c14-17(15,16)13(11-7-3-1-4-8-11)12-9-5-2-6-10-12/h1-10,13H. The first kappa shape index (κ1) is 13.0. The Bertz CT molecular complexity index is 426. The van der Waals surface area contributed by atoms with Gasteiger partial charge in [-0.05, 0) is 11.1 Å². The van der Waals surface area contributed by atoms with Gasteiger partial charge < -0.3 is 0 Å². The van der Waals surface area contributed by atoms with Crippen LogP contribution in [-0.2, 0) is 0 Å². The predicted octanol–water partition coefficient (Wildman–Crippen LogP) is 5.01. The first-order chi connectivity index (χ1) is 8.09. The van der Waals surface area contributed by atoms with Gasteiger partial charge in [-0.3, -0.25) is 0 Å². The van der Waals surface area contributed by atoms with E-state index in [9.17, 15) is 0 Å². The highest BCUT2D eigenvalue weighted by atomic mass is 35.8. The van der Waals surface area contributed by atoms with E-state index in [0.717, 1.165) is 11.1 Å². The van der Waals surface area contributed by atoms with Crippen molar-refractivity contribution in [1.82, 2.24) is 0 Å². The molecule has 0 aliphatic rings. The molecule has 0 atom stereocenters. The molecule has 0 spiro atoms. The van der Waals surface area contributed by atoms with E-state index in [1.807, 2.05) is 60.7 Å². The molecular formula is C13H11Cl3Si. The van der Waals surface area contributed by atoms with Crippen LogP contribution in [0.3, 0.4) is 0 Å². The molecular weight excluding hydrogens is 291 g/mol. The third kappa shape index (κ3) is 3.26. The molecule has 0 saturated heterocycles. The van der Waals surface area contributed by atoms with Crippen molar-refractivity contribution in [3.05, 3.63) is 71.8 Å². The first-order valence-corrected chi connectivity index (χ1v) is 10.4. The second-order valence-corrected chi connectivity index (χ2v) is 12.6. The Morgan fingerprint density at radius 1 is 0.647 bits per heavy atom. The van der Waals surface area contributed by atoms with Gasteiger partial charge in [0, 0.05) is 5.54 Å². The van der Waals surface area contributed by atoms with Gasteiger partial charge in [0.15, 0.2) is 0 Å². The van der Waals surface area contributed by atoms with Gasteiger partial charge >= 0.3 is 6.00 Å². The molecule has 0 amide bonds. The lowest BCUT2D eigenvalue weighted by molar-refractivity contribution is 1.12. The maximum Gasteiger partial charge on any atom is 0.352 e. The summed E-state index contributed by atoms with van der Waals surface area (Å²) >= 11 is 18.7. The number of benzene rings is 2. The van der Waals surface area contributed by atoms with Crippen LogP contribution < -0.4 is 0 Å². The van der Waals surface area contributed by atoms with E-state index in [-0.39, 0.29) is 5.54 Å². The SMILES string of the molecule is Cl[Si](Cl)(Cl)C(c1ccccc1)c1ccccc1. The van der Waals surface area contributed by atoms with E-state index in [0.29, 0.717) is 0 Å². The average molecular weight is 302 g/mol. The Balaban J connectivity index is 2.48. The highest BCUT2D eigenvalue weighted by Crippen LogP contribution is 2.41. The van der Waals surface area contributed by atoms with Crippen molar-refractivity contribution in [2.75, 3.05) is 0 Å². The Labute approximate surface area is 116 Å². The van der Waals surface area contributed by atoms with Crippen LogP contribution in [0.4, 0.5) is 0 Å². The third-order valence-electron chi connectivity index (χ3n) is 2.59. The molecule has 2 rings (SSSR count). The van der Waals surface area contributed by atoms with Crippen molar-refractivity contribution >= 4 is 39.2 Å². The second-order valence-electron chi connectivity index (χ2n) is 3.80. The van der Waals surface area contributed by atoms with Crippen LogP contribution in [0.2, 0.25) is 0 Å². The lowest BCUT2D eigenvalue weighted by Gasteiger charge is -2.23. The van der Waals surface area contributed by atoms with E-state index in [1.54, 1.807) is 0 Å². The van der Waals surface area contributed by atoms with Gasteiger partial charge in [0.25, 0.3) is 0 Å². The molecule has 0 aliphatic carbocycles. The van der Waals surface area contributed by atoms with Crippen molar-refractivity contribution in [3.8, 4) is 0 Å². The quantitative estimate of drug-likeness (QED) is 0.552. The smallest absolute Gasteiger partial charge is 0.125 e. The van der Waals surface area contributed by atoms with Crippen LogP contribution in [0.25, 0.3) is 0 Å². The zero-order valence-electron chi connectivity index (χ0n) is 8.98. The molecule has 0 bridgehead atoms. The van der Waals surface area contributed by atoms with E-state index < -0.39 is 6.00 Å². The molecule has 2 aromatic carbocycles. The molecule has 0 N–H and O–H groups in total. The number of hydrogen-bond acceptors (Lipinski definition) is 0. The topological polar surface area (TPSA) is 0 Å². The van der Waals surface area contributed by atoms with E-state index in [2.05, 4.69) is 0 Å². The van der Waals surface area contributed by atoms with Gasteiger partial charge in [-0.25, -0.2) is 0 Å². The van der Waals surface area contributed by atoms with Gasteiger partial charge in [-0.1, -0.05) is 60.7 Å². The Morgan fingerprint density at radius 2 is 1.00 bits per heavy atom. The number of halogens is 3. The summed E-state index contributed by atoms with van der Waals surface area (Å²) in [5, 5.41) is 0. The van der Waals surface area contributed by atoms with Crippen molar-refractivity contribution in [2.24, 2.45) is 0 Å². The second kappa shape index (κ2) is 5.45. The summed E-state index contributed by atoms with van der Waals surface area (Å²) in [5.41, 5.74) is 2.01. The van der Waals surface area contributed by atoms with Crippen LogP contribution in [0.1, 0.15) is 16.7 Å². The van der Waals surface area contributed by atoms with E-state index >= 15 is 0 Å². The average Bonchev–Trinajstić information content (AvgIpc) is 2.30. The van der Waals surface area contributed by atoms with Gasteiger partial charge in [0.1, 0.15) is 0 Å². The summed E-state index contributed by atoms with van der Waals surface area (Å²) in [6.45, 7) is 0. The fourth-order valence-electron chi connectivity index (χ4n) is 1.86. The molecule has 0 nitrogen and oxygen atoms in total. The van der Waals surface area contributed by atoms with Crippen molar-refractivity contribution < 1.29 is 0 Å². The monoisotopic (exact) mass is 300 g/mol. The molecule has 0 saturated carbocycles. The van der Waals surface area contributed by atoms with Gasteiger partial charge in [-0.15, -0.1) is 33.2 Å². The predicted molar refractivity (Wildman–Crippen MR) is 78.0 cm³/mol. The summed E-state index contributed by atoms with van der Waals surface area (Å²) in [6, 6.07) is 17.0. The maximum absolute atomic E-state index is 6.24. The molecule has 0 heterocycles. The molecule has 0 fully saturated rings. The summed E-state index contributed by atoms with van der Waals surface area (Å²) in [4.78, 5) is 0. The summed E-state index contributed by atoms with van der Waals surface area (Å²) in [5.74, 6) is 0. The molecule has 88 valence electrons. The van der Waals surface area contributed by atoms with Gasteiger partial charge in [-0.2, -0.15) is 0 Å². The molecule has 0 aliphatic heterocycles.